The normalized spacial score (nSPS) is 19.3. The third-order valence-corrected chi connectivity index (χ3v) is 6.19. The van der Waals surface area contributed by atoms with E-state index < -0.39 is 0 Å². The molecule has 4 rings (SSSR count). The van der Waals surface area contributed by atoms with E-state index in [2.05, 4.69) is 54.6 Å². The largest absolute Gasteiger partial charge is 0.353 e. The van der Waals surface area contributed by atoms with E-state index in [1.54, 1.807) is 11.1 Å². The Labute approximate surface area is 175 Å². The van der Waals surface area contributed by atoms with E-state index in [1.807, 2.05) is 0 Å². The van der Waals surface area contributed by atoms with Gasteiger partial charge in [-0.05, 0) is 85.6 Å². The average Bonchev–Trinajstić information content (AvgIpc) is 3.00. The van der Waals surface area contributed by atoms with E-state index in [9.17, 15) is 0 Å². The van der Waals surface area contributed by atoms with Crippen molar-refractivity contribution >= 4 is 11.6 Å². The summed E-state index contributed by atoms with van der Waals surface area (Å²) in [5.74, 6) is 0. The van der Waals surface area contributed by atoms with Gasteiger partial charge in [-0.2, -0.15) is 0 Å². The van der Waals surface area contributed by atoms with E-state index in [1.165, 1.54) is 68.1 Å². The smallest absolute Gasteiger partial charge is 0.157 e. The Hall–Kier alpha value is -1.90. The lowest BCUT2D eigenvalue weighted by Gasteiger charge is -2.22. The van der Waals surface area contributed by atoms with Crippen LogP contribution in [0.4, 0.5) is 0 Å². The minimum absolute atomic E-state index is 0.0549. The molecule has 2 aliphatic rings. The van der Waals surface area contributed by atoms with Crippen molar-refractivity contribution in [3.63, 3.8) is 0 Å². The molecular formula is C27H34O2. The first-order chi connectivity index (χ1) is 14.4. The predicted molar refractivity (Wildman–Crippen MR) is 121 cm³/mol. The van der Waals surface area contributed by atoms with Crippen LogP contribution >= 0.6 is 0 Å². The number of aryl methyl sites for hydroxylation is 1. The third-order valence-electron chi connectivity index (χ3n) is 6.19. The molecule has 2 nitrogen and oxygen atoms in total. The topological polar surface area (TPSA) is 18.5 Å². The summed E-state index contributed by atoms with van der Waals surface area (Å²) in [4.78, 5) is 0. The van der Waals surface area contributed by atoms with Crippen LogP contribution in [-0.2, 0) is 22.3 Å². The van der Waals surface area contributed by atoms with Crippen LogP contribution in [0.25, 0.3) is 11.6 Å². The maximum atomic E-state index is 5.87. The number of fused-ring (bicyclic) bond motifs is 1. The van der Waals surface area contributed by atoms with Crippen molar-refractivity contribution in [3.8, 4) is 0 Å². The fourth-order valence-electron chi connectivity index (χ4n) is 4.58. The number of allylic oxidation sites excluding steroid dienone is 1. The van der Waals surface area contributed by atoms with Crippen LogP contribution < -0.4 is 0 Å². The summed E-state index contributed by atoms with van der Waals surface area (Å²) in [5, 5.41) is 0. The first-order valence-electron chi connectivity index (χ1n) is 11.5. The molecule has 0 aromatic heterocycles. The van der Waals surface area contributed by atoms with Crippen LogP contribution in [0.3, 0.4) is 0 Å². The molecule has 0 N–H and O–H groups in total. The standard InChI is InChI=1S/C27H34O2/c1-3-11-22(12-4-1)24-15-10-17-26-23(14-9-16-25(26)21-24)13-5-2-7-19-28-27-18-6-8-20-29-27/h1,3-4,9,11-12,14,16,21,27H,2,5-8,10,13,15,17-20H2. The maximum absolute atomic E-state index is 5.87. The molecule has 1 fully saturated rings. The molecule has 1 saturated heterocycles. The monoisotopic (exact) mass is 390 g/mol. The van der Waals surface area contributed by atoms with Crippen molar-refractivity contribution in [1.82, 2.24) is 0 Å². The summed E-state index contributed by atoms with van der Waals surface area (Å²) in [7, 11) is 0. The van der Waals surface area contributed by atoms with Gasteiger partial charge in [-0.1, -0.05) is 61.0 Å². The lowest BCUT2D eigenvalue weighted by molar-refractivity contribution is -0.162. The Morgan fingerprint density at radius 3 is 2.66 bits per heavy atom. The Morgan fingerprint density at radius 2 is 1.79 bits per heavy atom. The highest BCUT2D eigenvalue weighted by atomic mass is 16.7. The predicted octanol–water partition coefficient (Wildman–Crippen LogP) is 6.82. The van der Waals surface area contributed by atoms with Gasteiger partial charge in [0, 0.05) is 13.2 Å². The third kappa shape index (κ3) is 5.81. The summed E-state index contributed by atoms with van der Waals surface area (Å²) in [6.45, 7) is 1.70. The van der Waals surface area contributed by atoms with E-state index >= 15 is 0 Å². The maximum Gasteiger partial charge on any atom is 0.157 e. The Morgan fingerprint density at radius 1 is 0.862 bits per heavy atom. The molecule has 2 aromatic rings. The minimum Gasteiger partial charge on any atom is -0.353 e. The summed E-state index contributed by atoms with van der Waals surface area (Å²) in [5.41, 5.74) is 7.39. The summed E-state index contributed by atoms with van der Waals surface area (Å²) >= 11 is 0. The summed E-state index contributed by atoms with van der Waals surface area (Å²) in [6, 6.07) is 17.7. The average molecular weight is 391 g/mol. The second-order valence-corrected chi connectivity index (χ2v) is 8.35. The van der Waals surface area contributed by atoms with Gasteiger partial charge in [0.1, 0.15) is 0 Å². The van der Waals surface area contributed by atoms with Gasteiger partial charge in [-0.25, -0.2) is 0 Å². The molecule has 2 heteroatoms. The molecule has 1 atom stereocenters. The number of rotatable bonds is 8. The van der Waals surface area contributed by atoms with Crippen molar-refractivity contribution in [2.75, 3.05) is 13.2 Å². The van der Waals surface area contributed by atoms with Crippen LogP contribution in [-0.4, -0.2) is 19.5 Å². The molecule has 0 radical (unpaired) electrons. The highest BCUT2D eigenvalue weighted by Crippen LogP contribution is 2.31. The summed E-state index contributed by atoms with van der Waals surface area (Å²) < 4.78 is 11.5. The van der Waals surface area contributed by atoms with Gasteiger partial charge >= 0.3 is 0 Å². The van der Waals surface area contributed by atoms with E-state index in [0.717, 1.165) is 26.1 Å². The first kappa shape index (κ1) is 20.4. The second-order valence-electron chi connectivity index (χ2n) is 8.35. The molecule has 1 aliphatic carbocycles. The SMILES string of the molecule is C1=C(c2ccccc2)CCCc2c1cccc2CCCCCOC1CCCCO1. The molecule has 2 aromatic carbocycles. The highest BCUT2D eigenvalue weighted by molar-refractivity contribution is 5.83. The number of ether oxygens (including phenoxy) is 2. The van der Waals surface area contributed by atoms with Gasteiger partial charge < -0.3 is 9.47 Å². The van der Waals surface area contributed by atoms with Crippen LogP contribution in [0, 0.1) is 0 Å². The van der Waals surface area contributed by atoms with Crippen LogP contribution in [0.2, 0.25) is 0 Å². The van der Waals surface area contributed by atoms with E-state index in [4.69, 9.17) is 9.47 Å². The van der Waals surface area contributed by atoms with E-state index in [-0.39, 0.29) is 6.29 Å². The Balaban J connectivity index is 1.30. The molecule has 0 saturated carbocycles. The zero-order valence-corrected chi connectivity index (χ0v) is 17.6. The lowest BCUT2D eigenvalue weighted by atomic mass is 9.94. The molecule has 1 unspecified atom stereocenters. The number of unbranched alkanes of at least 4 members (excludes halogenated alkanes) is 2. The summed E-state index contributed by atoms with van der Waals surface area (Å²) in [6.07, 6.45) is 14.3. The molecular weight excluding hydrogens is 356 g/mol. The first-order valence-corrected chi connectivity index (χ1v) is 11.5. The molecule has 0 bridgehead atoms. The second kappa shape index (κ2) is 10.8. The molecule has 1 heterocycles. The van der Waals surface area contributed by atoms with Gasteiger partial charge in [0.05, 0.1) is 0 Å². The fraction of sp³-hybridized carbons (Fsp3) is 0.481. The van der Waals surface area contributed by atoms with Crippen molar-refractivity contribution in [2.24, 2.45) is 0 Å². The molecule has 1 aliphatic heterocycles. The zero-order valence-electron chi connectivity index (χ0n) is 17.6. The van der Waals surface area contributed by atoms with Crippen molar-refractivity contribution in [2.45, 2.75) is 70.5 Å². The lowest BCUT2D eigenvalue weighted by Crippen LogP contribution is -2.22. The number of benzene rings is 2. The van der Waals surface area contributed by atoms with Gasteiger partial charge in [0.2, 0.25) is 0 Å². The fourth-order valence-corrected chi connectivity index (χ4v) is 4.58. The van der Waals surface area contributed by atoms with Crippen LogP contribution in [0.5, 0.6) is 0 Å². The van der Waals surface area contributed by atoms with Crippen molar-refractivity contribution in [1.29, 1.82) is 0 Å². The van der Waals surface area contributed by atoms with Gasteiger partial charge in [0.15, 0.2) is 6.29 Å². The Bertz CT molecular complexity index is 787. The Kier molecular flexibility index (Phi) is 7.56. The molecule has 29 heavy (non-hydrogen) atoms. The van der Waals surface area contributed by atoms with E-state index in [0.29, 0.717) is 0 Å². The number of hydrogen-bond donors (Lipinski definition) is 0. The number of hydrogen-bond acceptors (Lipinski definition) is 2. The molecule has 0 spiro atoms. The van der Waals surface area contributed by atoms with Crippen molar-refractivity contribution < 1.29 is 9.47 Å². The molecule has 0 amide bonds. The zero-order chi connectivity index (χ0) is 19.7. The van der Waals surface area contributed by atoms with Crippen LogP contribution in [0.15, 0.2) is 48.5 Å². The quantitative estimate of drug-likeness (QED) is 0.460. The minimum atomic E-state index is 0.0549. The van der Waals surface area contributed by atoms with Gasteiger partial charge in [-0.15, -0.1) is 0 Å². The van der Waals surface area contributed by atoms with Gasteiger partial charge in [0.25, 0.3) is 0 Å². The van der Waals surface area contributed by atoms with Crippen LogP contribution in [0.1, 0.15) is 73.6 Å². The van der Waals surface area contributed by atoms with Gasteiger partial charge in [-0.3, -0.25) is 0 Å². The highest BCUT2D eigenvalue weighted by Gasteiger charge is 2.14. The molecule has 154 valence electrons. The van der Waals surface area contributed by atoms with Crippen molar-refractivity contribution in [3.05, 3.63) is 70.8 Å².